The first-order valence-electron chi connectivity index (χ1n) is 6.97. The van der Waals surface area contributed by atoms with Crippen molar-refractivity contribution in [1.29, 1.82) is 0 Å². The van der Waals surface area contributed by atoms with Crippen LogP contribution in [0.25, 0.3) is 0 Å². The van der Waals surface area contributed by atoms with Crippen LogP contribution in [0, 0.1) is 17.6 Å². The van der Waals surface area contributed by atoms with Crippen LogP contribution in [-0.2, 0) is 13.1 Å². The number of hydrogen-bond acceptors (Lipinski definition) is 2. The molecule has 5 nitrogen and oxygen atoms in total. The van der Waals surface area contributed by atoms with Crippen molar-refractivity contribution in [3.8, 4) is 0 Å². The van der Waals surface area contributed by atoms with E-state index < -0.39 is 11.6 Å². The molecular weight excluding hydrogens is 288 g/mol. The minimum atomic E-state index is -0.596. The molecule has 2 rings (SSSR count). The SMILES string of the molecule is CC(C)Cn1ccnc1CN=C(N)Nc1cc(F)ccc1F. The second kappa shape index (κ2) is 7.02. The van der Waals surface area contributed by atoms with Gasteiger partial charge in [0.2, 0.25) is 0 Å². The Labute approximate surface area is 127 Å². The van der Waals surface area contributed by atoms with Crippen LogP contribution in [0.2, 0.25) is 0 Å². The lowest BCUT2D eigenvalue weighted by molar-refractivity contribution is 0.507. The number of nitrogens with two attached hydrogens (primary N) is 1. The first-order chi connectivity index (χ1) is 10.5. The largest absolute Gasteiger partial charge is 0.370 e. The van der Waals surface area contributed by atoms with E-state index in [2.05, 4.69) is 29.1 Å². The second-order valence-electron chi connectivity index (χ2n) is 5.34. The van der Waals surface area contributed by atoms with Crippen molar-refractivity contribution in [2.24, 2.45) is 16.6 Å². The highest BCUT2D eigenvalue weighted by Crippen LogP contribution is 2.14. The van der Waals surface area contributed by atoms with E-state index in [9.17, 15) is 8.78 Å². The lowest BCUT2D eigenvalue weighted by atomic mass is 10.2. The lowest BCUT2D eigenvalue weighted by Crippen LogP contribution is -2.23. The molecule has 0 radical (unpaired) electrons. The van der Waals surface area contributed by atoms with E-state index in [-0.39, 0.29) is 18.2 Å². The van der Waals surface area contributed by atoms with Gasteiger partial charge in [0, 0.05) is 25.0 Å². The van der Waals surface area contributed by atoms with Crippen LogP contribution >= 0.6 is 0 Å². The minimum absolute atomic E-state index is 0.00333. The molecule has 0 fully saturated rings. The average Bonchev–Trinajstić information content (AvgIpc) is 2.87. The molecule has 0 aliphatic carbocycles. The topological polar surface area (TPSA) is 68.2 Å². The zero-order chi connectivity index (χ0) is 16.1. The van der Waals surface area contributed by atoms with E-state index in [0.717, 1.165) is 30.6 Å². The standard InChI is InChI=1S/C15H19F2N5/c1-10(2)9-22-6-5-19-14(22)8-20-15(18)21-13-7-11(16)3-4-12(13)17/h3-7,10H,8-9H2,1-2H3,(H3,18,20,21). The Bertz CT molecular complexity index is 664. The van der Waals surface area contributed by atoms with Crippen molar-refractivity contribution in [1.82, 2.24) is 9.55 Å². The van der Waals surface area contributed by atoms with Crippen LogP contribution in [0.1, 0.15) is 19.7 Å². The Morgan fingerprint density at radius 1 is 1.41 bits per heavy atom. The number of aliphatic imine (C=N–C) groups is 1. The molecule has 0 amide bonds. The summed E-state index contributed by atoms with van der Waals surface area (Å²) in [6.07, 6.45) is 3.57. The van der Waals surface area contributed by atoms with Gasteiger partial charge in [0.15, 0.2) is 5.96 Å². The Morgan fingerprint density at radius 3 is 2.91 bits per heavy atom. The van der Waals surface area contributed by atoms with Crippen molar-refractivity contribution >= 4 is 11.6 Å². The third kappa shape index (κ3) is 4.28. The monoisotopic (exact) mass is 307 g/mol. The van der Waals surface area contributed by atoms with Gasteiger partial charge in [-0.15, -0.1) is 0 Å². The van der Waals surface area contributed by atoms with Crippen molar-refractivity contribution in [3.05, 3.63) is 48.1 Å². The molecule has 7 heteroatoms. The number of imidazole rings is 1. The van der Waals surface area contributed by atoms with Gasteiger partial charge in [-0.05, 0) is 18.1 Å². The number of aromatic nitrogens is 2. The maximum absolute atomic E-state index is 13.5. The second-order valence-corrected chi connectivity index (χ2v) is 5.34. The van der Waals surface area contributed by atoms with Crippen LogP contribution in [-0.4, -0.2) is 15.5 Å². The van der Waals surface area contributed by atoms with Gasteiger partial charge in [0.05, 0.1) is 5.69 Å². The Hall–Kier alpha value is -2.44. The molecule has 0 saturated carbocycles. The highest BCUT2D eigenvalue weighted by Gasteiger charge is 2.06. The van der Waals surface area contributed by atoms with Gasteiger partial charge in [-0.3, -0.25) is 0 Å². The molecule has 0 unspecified atom stereocenters. The van der Waals surface area contributed by atoms with E-state index >= 15 is 0 Å². The smallest absolute Gasteiger partial charge is 0.193 e. The zero-order valence-corrected chi connectivity index (χ0v) is 12.6. The summed E-state index contributed by atoms with van der Waals surface area (Å²) in [5, 5.41) is 2.55. The molecule has 0 aliphatic rings. The van der Waals surface area contributed by atoms with Crippen LogP contribution in [0.3, 0.4) is 0 Å². The molecule has 0 atom stereocenters. The number of nitrogens with zero attached hydrogens (tertiary/aromatic N) is 3. The molecule has 2 aromatic rings. The van der Waals surface area contributed by atoms with Crippen molar-refractivity contribution < 1.29 is 8.78 Å². The maximum Gasteiger partial charge on any atom is 0.193 e. The zero-order valence-electron chi connectivity index (χ0n) is 12.6. The van der Waals surface area contributed by atoms with Crippen molar-refractivity contribution in [3.63, 3.8) is 0 Å². The summed E-state index contributed by atoms with van der Waals surface area (Å²) in [5.74, 6) is 0.0978. The van der Waals surface area contributed by atoms with Gasteiger partial charge in [0.25, 0.3) is 0 Å². The number of guanidine groups is 1. The van der Waals surface area contributed by atoms with Crippen LogP contribution < -0.4 is 11.1 Å². The molecule has 1 aromatic heterocycles. The Kier molecular flexibility index (Phi) is 5.08. The Balaban J connectivity index is 2.04. The third-order valence-corrected chi connectivity index (χ3v) is 2.95. The van der Waals surface area contributed by atoms with Gasteiger partial charge in [-0.1, -0.05) is 13.8 Å². The minimum Gasteiger partial charge on any atom is -0.370 e. The summed E-state index contributed by atoms with van der Waals surface area (Å²) < 4.78 is 28.6. The fourth-order valence-corrected chi connectivity index (χ4v) is 1.98. The summed E-state index contributed by atoms with van der Waals surface area (Å²) in [4.78, 5) is 8.33. The molecule has 0 bridgehead atoms. The van der Waals surface area contributed by atoms with E-state index in [1.807, 2.05) is 10.8 Å². The molecule has 3 N–H and O–H groups in total. The summed E-state index contributed by atoms with van der Waals surface area (Å²) in [5.41, 5.74) is 5.66. The van der Waals surface area contributed by atoms with Gasteiger partial charge in [-0.2, -0.15) is 0 Å². The molecule has 118 valence electrons. The normalized spacial score (nSPS) is 12.0. The highest BCUT2D eigenvalue weighted by molar-refractivity contribution is 5.92. The average molecular weight is 307 g/mol. The third-order valence-electron chi connectivity index (χ3n) is 2.95. The first kappa shape index (κ1) is 15.9. The highest BCUT2D eigenvalue weighted by atomic mass is 19.1. The summed E-state index contributed by atoms with van der Waals surface area (Å²) in [7, 11) is 0. The number of halogens is 2. The van der Waals surface area contributed by atoms with Crippen LogP contribution in [0.5, 0.6) is 0 Å². The van der Waals surface area contributed by atoms with Gasteiger partial charge >= 0.3 is 0 Å². The number of hydrogen-bond donors (Lipinski definition) is 2. The molecule has 0 spiro atoms. The predicted molar refractivity (Wildman–Crippen MR) is 82.4 cm³/mol. The molecular formula is C15H19F2N5. The van der Waals surface area contributed by atoms with Gasteiger partial charge in [-0.25, -0.2) is 18.8 Å². The first-order valence-corrected chi connectivity index (χ1v) is 6.97. The lowest BCUT2D eigenvalue weighted by Gasteiger charge is -2.10. The molecule has 0 aliphatic heterocycles. The van der Waals surface area contributed by atoms with Gasteiger partial charge < -0.3 is 15.6 Å². The van der Waals surface area contributed by atoms with E-state index in [1.165, 1.54) is 0 Å². The summed E-state index contributed by atoms with van der Waals surface area (Å²) >= 11 is 0. The number of anilines is 1. The quantitative estimate of drug-likeness (QED) is 0.659. The fourth-order valence-electron chi connectivity index (χ4n) is 1.98. The number of rotatable bonds is 5. The van der Waals surface area contributed by atoms with Crippen molar-refractivity contribution in [2.75, 3.05) is 5.32 Å². The Morgan fingerprint density at radius 2 is 2.18 bits per heavy atom. The van der Waals surface area contributed by atoms with Crippen LogP contribution in [0.4, 0.5) is 14.5 Å². The number of nitrogens with one attached hydrogen (secondary N) is 1. The van der Waals surface area contributed by atoms with E-state index in [1.54, 1.807) is 6.20 Å². The van der Waals surface area contributed by atoms with E-state index in [4.69, 9.17) is 5.73 Å². The molecule has 1 heterocycles. The van der Waals surface area contributed by atoms with Gasteiger partial charge in [0.1, 0.15) is 24.0 Å². The molecule has 1 aromatic carbocycles. The number of benzene rings is 1. The van der Waals surface area contributed by atoms with Crippen LogP contribution in [0.15, 0.2) is 35.6 Å². The van der Waals surface area contributed by atoms with E-state index in [0.29, 0.717) is 5.92 Å². The van der Waals surface area contributed by atoms with Crippen molar-refractivity contribution in [2.45, 2.75) is 26.9 Å². The fraction of sp³-hybridized carbons (Fsp3) is 0.333. The maximum atomic E-state index is 13.5. The molecule has 0 saturated heterocycles. The molecule has 22 heavy (non-hydrogen) atoms. The summed E-state index contributed by atoms with van der Waals surface area (Å²) in [6, 6.07) is 3.09. The predicted octanol–water partition coefficient (Wildman–Crippen LogP) is 2.74. The summed E-state index contributed by atoms with van der Waals surface area (Å²) in [6.45, 7) is 5.30.